The molecule has 5 nitrogen and oxygen atoms in total. The number of fused-ring (bicyclic) bond motifs is 1. The first-order valence-electron chi connectivity index (χ1n) is 7.77. The Morgan fingerprint density at radius 1 is 0.923 bits per heavy atom. The second-order valence-electron chi connectivity index (χ2n) is 5.59. The lowest BCUT2D eigenvalue weighted by Crippen LogP contribution is -2.22. The summed E-state index contributed by atoms with van der Waals surface area (Å²) in [5, 5.41) is 3.17. The van der Waals surface area contributed by atoms with Crippen LogP contribution in [0, 0.1) is 11.6 Å². The van der Waals surface area contributed by atoms with E-state index in [2.05, 4.69) is 15.3 Å². The Morgan fingerprint density at radius 2 is 1.73 bits per heavy atom. The molecule has 26 heavy (non-hydrogen) atoms. The van der Waals surface area contributed by atoms with Crippen LogP contribution in [0.2, 0.25) is 0 Å². The van der Waals surface area contributed by atoms with Crippen LogP contribution in [0.3, 0.4) is 0 Å². The third-order valence-electron chi connectivity index (χ3n) is 3.81. The first kappa shape index (κ1) is 15.9. The number of rotatable bonds is 3. The highest BCUT2D eigenvalue weighted by Crippen LogP contribution is 2.20. The van der Waals surface area contributed by atoms with E-state index in [9.17, 15) is 13.6 Å². The minimum Gasteiger partial charge on any atom is -0.324 e. The van der Waals surface area contributed by atoms with Gasteiger partial charge in [0.2, 0.25) is 5.95 Å². The van der Waals surface area contributed by atoms with Crippen LogP contribution in [-0.2, 0) is 0 Å². The van der Waals surface area contributed by atoms with E-state index in [-0.39, 0.29) is 22.4 Å². The molecular formula is C19H12F2N4O. The molecule has 0 spiro atoms. The molecule has 2 aromatic carbocycles. The van der Waals surface area contributed by atoms with Crippen LogP contribution in [0.15, 0.2) is 71.8 Å². The fourth-order valence-corrected chi connectivity index (χ4v) is 2.67. The number of pyridine rings is 1. The van der Waals surface area contributed by atoms with Crippen LogP contribution in [0.5, 0.6) is 0 Å². The number of anilines is 2. The number of hydrogen-bond donors (Lipinski definition) is 1. The molecule has 0 radical (unpaired) electrons. The minimum absolute atomic E-state index is 0.131. The molecule has 0 aliphatic heterocycles. The third kappa shape index (κ3) is 2.90. The van der Waals surface area contributed by atoms with Gasteiger partial charge < -0.3 is 5.32 Å². The summed E-state index contributed by atoms with van der Waals surface area (Å²) in [5.74, 6) is -0.901. The Balaban J connectivity index is 1.98. The highest BCUT2D eigenvalue weighted by atomic mass is 19.1. The van der Waals surface area contributed by atoms with Gasteiger partial charge in [-0.05, 0) is 24.3 Å². The molecule has 2 heterocycles. The van der Waals surface area contributed by atoms with Gasteiger partial charge in [-0.2, -0.15) is 0 Å². The molecule has 128 valence electrons. The zero-order valence-corrected chi connectivity index (χ0v) is 13.4. The summed E-state index contributed by atoms with van der Waals surface area (Å²) in [5.41, 5.74) is 0.725. The van der Waals surface area contributed by atoms with Crippen molar-refractivity contribution in [3.05, 3.63) is 89.0 Å². The third-order valence-corrected chi connectivity index (χ3v) is 3.81. The van der Waals surface area contributed by atoms with Crippen molar-refractivity contribution in [2.24, 2.45) is 0 Å². The minimum atomic E-state index is -0.532. The standard InChI is InChI=1S/C19H12F2N4O/c20-12-6-7-16-17(9-12)24-19(23-14-8-13(21)10-22-11-14)25(18(16)26)15-4-2-1-3-5-15/h1-11H,(H,23,24). The topological polar surface area (TPSA) is 59.8 Å². The summed E-state index contributed by atoms with van der Waals surface area (Å²) >= 11 is 0. The number of para-hydroxylation sites is 1. The Morgan fingerprint density at radius 3 is 2.50 bits per heavy atom. The van der Waals surface area contributed by atoms with Gasteiger partial charge in [-0.3, -0.25) is 9.78 Å². The van der Waals surface area contributed by atoms with Crippen LogP contribution >= 0.6 is 0 Å². The van der Waals surface area contributed by atoms with Crippen molar-refractivity contribution in [2.45, 2.75) is 0 Å². The van der Waals surface area contributed by atoms with Gasteiger partial charge >= 0.3 is 0 Å². The number of benzene rings is 2. The first-order chi connectivity index (χ1) is 12.6. The molecule has 0 unspecified atom stereocenters. The molecule has 0 atom stereocenters. The highest BCUT2D eigenvalue weighted by Gasteiger charge is 2.14. The van der Waals surface area contributed by atoms with Crippen molar-refractivity contribution in [3.8, 4) is 5.69 Å². The summed E-state index contributed by atoms with van der Waals surface area (Å²) in [6, 6.07) is 13.9. The molecule has 4 aromatic rings. The number of nitrogens with zero attached hydrogens (tertiary/aromatic N) is 3. The molecule has 7 heteroatoms. The number of aromatic nitrogens is 3. The zero-order valence-electron chi connectivity index (χ0n) is 13.4. The predicted molar refractivity (Wildman–Crippen MR) is 94.8 cm³/mol. The SMILES string of the molecule is O=c1c2ccc(F)cc2nc(Nc2cncc(F)c2)n1-c1ccccc1. The van der Waals surface area contributed by atoms with Gasteiger partial charge in [0.15, 0.2) is 0 Å². The van der Waals surface area contributed by atoms with Gasteiger partial charge in [-0.15, -0.1) is 0 Å². The van der Waals surface area contributed by atoms with Crippen LogP contribution in [0.25, 0.3) is 16.6 Å². The molecule has 0 saturated heterocycles. The van der Waals surface area contributed by atoms with Gasteiger partial charge in [0, 0.05) is 12.1 Å². The van der Waals surface area contributed by atoms with E-state index in [4.69, 9.17) is 0 Å². The Bertz CT molecular complexity index is 1160. The molecule has 2 aromatic heterocycles. The van der Waals surface area contributed by atoms with E-state index in [1.54, 1.807) is 24.3 Å². The largest absolute Gasteiger partial charge is 0.324 e. The van der Waals surface area contributed by atoms with Gasteiger partial charge in [0.1, 0.15) is 11.6 Å². The quantitative estimate of drug-likeness (QED) is 0.610. The molecule has 1 N–H and O–H groups in total. The van der Waals surface area contributed by atoms with Crippen LogP contribution in [0.1, 0.15) is 0 Å². The van der Waals surface area contributed by atoms with Crippen molar-refractivity contribution in [3.63, 3.8) is 0 Å². The van der Waals surface area contributed by atoms with Crippen LogP contribution < -0.4 is 10.9 Å². The molecule has 0 fully saturated rings. The van der Waals surface area contributed by atoms with E-state index in [1.165, 1.54) is 35.0 Å². The maximum atomic E-state index is 13.6. The fraction of sp³-hybridized carbons (Fsp3) is 0. The number of halogens is 2. The van der Waals surface area contributed by atoms with E-state index < -0.39 is 11.6 Å². The van der Waals surface area contributed by atoms with Gasteiger partial charge in [-0.25, -0.2) is 18.3 Å². The van der Waals surface area contributed by atoms with E-state index in [0.717, 1.165) is 6.20 Å². The van der Waals surface area contributed by atoms with Crippen molar-refractivity contribution in [1.82, 2.24) is 14.5 Å². The molecule has 0 bridgehead atoms. The molecule has 0 aliphatic carbocycles. The summed E-state index contributed by atoms with van der Waals surface area (Å²) in [6.07, 6.45) is 2.47. The van der Waals surface area contributed by atoms with Crippen LogP contribution in [-0.4, -0.2) is 14.5 Å². The molecule has 4 rings (SSSR count). The second-order valence-corrected chi connectivity index (χ2v) is 5.59. The zero-order chi connectivity index (χ0) is 18.1. The maximum Gasteiger partial charge on any atom is 0.267 e. The fourth-order valence-electron chi connectivity index (χ4n) is 2.67. The highest BCUT2D eigenvalue weighted by molar-refractivity contribution is 5.80. The van der Waals surface area contributed by atoms with Crippen molar-refractivity contribution in [2.75, 3.05) is 5.32 Å². The molecule has 0 saturated carbocycles. The van der Waals surface area contributed by atoms with E-state index in [1.807, 2.05) is 6.07 Å². The lowest BCUT2D eigenvalue weighted by molar-refractivity contribution is 0.622. The number of hydrogen-bond acceptors (Lipinski definition) is 4. The van der Waals surface area contributed by atoms with Crippen molar-refractivity contribution in [1.29, 1.82) is 0 Å². The van der Waals surface area contributed by atoms with Crippen LogP contribution in [0.4, 0.5) is 20.4 Å². The average molecular weight is 350 g/mol. The normalized spacial score (nSPS) is 10.8. The summed E-state index contributed by atoms with van der Waals surface area (Å²) in [6.45, 7) is 0. The number of nitrogens with one attached hydrogen (secondary N) is 1. The molecular weight excluding hydrogens is 338 g/mol. The Kier molecular flexibility index (Phi) is 3.89. The smallest absolute Gasteiger partial charge is 0.267 e. The van der Waals surface area contributed by atoms with Crippen molar-refractivity contribution >= 4 is 22.5 Å². The molecule has 0 amide bonds. The predicted octanol–water partition coefficient (Wildman–Crippen LogP) is 3.80. The van der Waals surface area contributed by atoms with Gasteiger partial charge in [-0.1, -0.05) is 18.2 Å². The monoisotopic (exact) mass is 350 g/mol. The average Bonchev–Trinajstić information content (AvgIpc) is 2.62. The van der Waals surface area contributed by atoms with Gasteiger partial charge in [0.25, 0.3) is 5.56 Å². The molecule has 0 aliphatic rings. The van der Waals surface area contributed by atoms with E-state index >= 15 is 0 Å². The lowest BCUT2D eigenvalue weighted by Gasteiger charge is -2.15. The van der Waals surface area contributed by atoms with E-state index in [0.29, 0.717) is 11.4 Å². The van der Waals surface area contributed by atoms with Crippen molar-refractivity contribution < 1.29 is 8.78 Å². The summed E-state index contributed by atoms with van der Waals surface area (Å²) in [7, 11) is 0. The van der Waals surface area contributed by atoms with Gasteiger partial charge in [0.05, 0.1) is 34.7 Å². The Hall–Kier alpha value is -3.61. The maximum absolute atomic E-state index is 13.6. The summed E-state index contributed by atoms with van der Waals surface area (Å²) in [4.78, 5) is 21.1. The lowest BCUT2D eigenvalue weighted by atomic mass is 10.2. The second kappa shape index (κ2) is 6.36. The summed E-state index contributed by atoms with van der Waals surface area (Å²) < 4.78 is 28.4. The Labute approximate surface area is 146 Å². The first-order valence-corrected chi connectivity index (χ1v) is 7.77.